The number of nitrogens with zero attached hydrogens (tertiary/aromatic N) is 1. The monoisotopic (exact) mass is 165 g/mol. The molecule has 0 aromatic heterocycles. The van der Waals surface area contributed by atoms with Crippen LogP contribution in [0.25, 0.3) is 0 Å². The minimum Gasteiger partial charge on any atom is -0.392 e. The van der Waals surface area contributed by atoms with Gasteiger partial charge in [-0.25, -0.2) is 0 Å². The molecule has 5 nitrogen and oxygen atoms in total. The van der Waals surface area contributed by atoms with Crippen LogP contribution < -0.4 is 0 Å². The lowest BCUT2D eigenvalue weighted by molar-refractivity contribution is 0.173. The lowest BCUT2D eigenvalue weighted by Gasteiger charge is -1.96. The van der Waals surface area contributed by atoms with Gasteiger partial charge in [-0.15, -0.1) is 0 Å². The maximum atomic E-state index is 10.4. The third kappa shape index (κ3) is 2.22. The smallest absolute Gasteiger partial charge is 0.307 e. The molecule has 0 fully saturated rings. The van der Waals surface area contributed by atoms with Crippen LogP contribution in [-0.4, -0.2) is 27.2 Å². The fraction of sp³-hybridized carbons (Fsp3) is 0.750. The Morgan fingerprint density at radius 2 is 2.40 bits per heavy atom. The molecule has 6 heteroatoms. The van der Waals surface area contributed by atoms with Gasteiger partial charge in [0.15, 0.2) is 0 Å². The van der Waals surface area contributed by atoms with E-state index in [1.165, 1.54) is 0 Å². The van der Waals surface area contributed by atoms with Crippen molar-refractivity contribution >= 4 is 16.0 Å². The van der Waals surface area contributed by atoms with Gasteiger partial charge in [0.05, 0.1) is 12.7 Å². The quantitative estimate of drug-likeness (QED) is 0.500. The Labute approximate surface area is 58.7 Å². The molecule has 0 atom stereocenters. The molecule has 1 heterocycles. The van der Waals surface area contributed by atoms with Gasteiger partial charge in [-0.05, 0) is 0 Å². The molecule has 0 unspecified atom stereocenters. The van der Waals surface area contributed by atoms with Crippen LogP contribution in [0.5, 0.6) is 0 Å². The van der Waals surface area contributed by atoms with Gasteiger partial charge in [-0.1, -0.05) is 5.16 Å². The van der Waals surface area contributed by atoms with E-state index in [0.717, 1.165) is 6.26 Å². The Balaban J connectivity index is 2.54. The van der Waals surface area contributed by atoms with Crippen molar-refractivity contribution in [3.05, 3.63) is 0 Å². The van der Waals surface area contributed by atoms with Gasteiger partial charge in [-0.3, -0.25) is 0 Å². The van der Waals surface area contributed by atoms with Crippen molar-refractivity contribution in [1.82, 2.24) is 0 Å². The number of oxime groups is 1. The highest BCUT2D eigenvalue weighted by Crippen LogP contribution is 2.03. The van der Waals surface area contributed by atoms with E-state index < -0.39 is 10.1 Å². The maximum Gasteiger partial charge on any atom is 0.307 e. The highest BCUT2D eigenvalue weighted by atomic mass is 32.2. The molecule has 0 aromatic carbocycles. The fourth-order valence-electron chi connectivity index (χ4n) is 0.528. The number of hydrogen-bond acceptors (Lipinski definition) is 5. The minimum atomic E-state index is -3.42. The highest BCUT2D eigenvalue weighted by molar-refractivity contribution is 7.86. The highest BCUT2D eigenvalue weighted by Gasteiger charge is 2.14. The molecule has 0 aliphatic carbocycles. The van der Waals surface area contributed by atoms with Crippen LogP contribution >= 0.6 is 0 Å². The summed E-state index contributed by atoms with van der Waals surface area (Å²) in [6, 6.07) is 0. The summed E-state index contributed by atoms with van der Waals surface area (Å²) in [4.78, 5) is 4.50. The summed E-state index contributed by atoms with van der Waals surface area (Å²) >= 11 is 0. The molecule has 0 saturated heterocycles. The van der Waals surface area contributed by atoms with E-state index in [-0.39, 0.29) is 5.90 Å². The number of rotatable bonds is 1. The lowest BCUT2D eigenvalue weighted by atomic mass is 10.5. The number of hydrogen-bond donors (Lipinski definition) is 0. The first-order valence-corrected chi connectivity index (χ1v) is 4.48. The maximum absolute atomic E-state index is 10.4. The summed E-state index contributed by atoms with van der Waals surface area (Å²) in [6.45, 7) is 0.394. The Bertz CT molecular complexity index is 242. The Morgan fingerprint density at radius 3 is 2.80 bits per heavy atom. The normalized spacial score (nSPS) is 17.9. The Morgan fingerprint density at radius 1 is 1.70 bits per heavy atom. The van der Waals surface area contributed by atoms with Crippen LogP contribution in [0.15, 0.2) is 5.16 Å². The average Bonchev–Trinajstić information content (AvgIpc) is 2.12. The molecule has 58 valence electrons. The molecule has 0 aromatic rings. The van der Waals surface area contributed by atoms with Gasteiger partial charge in [0.25, 0.3) is 0 Å². The summed E-state index contributed by atoms with van der Waals surface area (Å²) in [7, 11) is -3.42. The summed E-state index contributed by atoms with van der Waals surface area (Å²) in [5, 5.41) is 3.34. The van der Waals surface area contributed by atoms with E-state index in [9.17, 15) is 8.42 Å². The van der Waals surface area contributed by atoms with Crippen LogP contribution in [-0.2, 0) is 19.1 Å². The SMILES string of the molecule is CS(=O)(=O)OC1=NOCC1. The van der Waals surface area contributed by atoms with Crippen LogP contribution in [0.1, 0.15) is 6.42 Å². The van der Waals surface area contributed by atoms with Crippen molar-refractivity contribution in [2.75, 3.05) is 12.9 Å². The first kappa shape index (κ1) is 7.33. The van der Waals surface area contributed by atoms with Gasteiger partial charge >= 0.3 is 10.1 Å². The Kier molecular flexibility index (Phi) is 1.80. The van der Waals surface area contributed by atoms with E-state index in [0.29, 0.717) is 13.0 Å². The van der Waals surface area contributed by atoms with E-state index in [4.69, 9.17) is 0 Å². The third-order valence-electron chi connectivity index (χ3n) is 0.821. The van der Waals surface area contributed by atoms with E-state index in [1.54, 1.807) is 0 Å². The van der Waals surface area contributed by atoms with Crippen molar-refractivity contribution in [3.63, 3.8) is 0 Å². The molecule has 1 aliphatic rings. The van der Waals surface area contributed by atoms with Gasteiger partial charge in [-0.2, -0.15) is 8.42 Å². The van der Waals surface area contributed by atoms with Crippen molar-refractivity contribution in [2.45, 2.75) is 6.42 Å². The summed E-state index contributed by atoms with van der Waals surface area (Å²) in [5.41, 5.74) is 0. The van der Waals surface area contributed by atoms with Gasteiger partial charge in [0, 0.05) is 0 Å². The van der Waals surface area contributed by atoms with Gasteiger partial charge in [0.1, 0.15) is 6.61 Å². The fourth-order valence-corrected chi connectivity index (χ4v) is 0.991. The van der Waals surface area contributed by atoms with Crippen molar-refractivity contribution < 1.29 is 17.4 Å². The van der Waals surface area contributed by atoms with Crippen LogP contribution in [0.4, 0.5) is 0 Å². The molecule has 0 saturated carbocycles. The molecule has 0 spiro atoms. The van der Waals surface area contributed by atoms with Crippen LogP contribution in [0, 0.1) is 0 Å². The van der Waals surface area contributed by atoms with Crippen molar-refractivity contribution in [3.8, 4) is 0 Å². The second-order valence-corrected chi connectivity index (χ2v) is 3.43. The molecule has 0 N–H and O–H groups in total. The van der Waals surface area contributed by atoms with E-state index >= 15 is 0 Å². The lowest BCUT2D eigenvalue weighted by Crippen LogP contribution is -2.09. The standard InChI is InChI=1S/C4H7NO4S/c1-10(6,7)9-4-2-3-8-5-4/h2-3H2,1H3. The predicted molar refractivity (Wildman–Crippen MR) is 33.9 cm³/mol. The first-order chi connectivity index (χ1) is 4.58. The second kappa shape index (κ2) is 2.45. The molecule has 0 bridgehead atoms. The molecule has 0 amide bonds. The second-order valence-electron chi connectivity index (χ2n) is 1.86. The largest absolute Gasteiger partial charge is 0.392 e. The van der Waals surface area contributed by atoms with Gasteiger partial charge in [0.2, 0.25) is 5.90 Å². The van der Waals surface area contributed by atoms with Crippen LogP contribution in [0.3, 0.4) is 0 Å². The van der Waals surface area contributed by atoms with E-state index in [2.05, 4.69) is 14.2 Å². The Hall–Kier alpha value is -0.780. The summed E-state index contributed by atoms with van der Waals surface area (Å²) in [5.74, 6) is 0.127. The molecule has 1 rings (SSSR count). The topological polar surface area (TPSA) is 65.0 Å². The molecular weight excluding hydrogens is 158 g/mol. The molecular formula is C4H7NO4S. The van der Waals surface area contributed by atoms with Crippen molar-refractivity contribution in [1.29, 1.82) is 0 Å². The average molecular weight is 165 g/mol. The molecule has 0 radical (unpaired) electrons. The predicted octanol–water partition coefficient (Wildman–Crippen LogP) is -0.304. The zero-order valence-corrected chi connectivity index (χ0v) is 6.22. The third-order valence-corrected chi connectivity index (χ3v) is 1.32. The molecule has 1 aliphatic heterocycles. The summed E-state index contributed by atoms with van der Waals surface area (Å²) in [6.07, 6.45) is 1.39. The van der Waals surface area contributed by atoms with Crippen LogP contribution in [0.2, 0.25) is 0 Å². The minimum absolute atomic E-state index is 0.127. The first-order valence-electron chi connectivity index (χ1n) is 2.66. The zero-order valence-electron chi connectivity index (χ0n) is 5.40. The van der Waals surface area contributed by atoms with E-state index in [1.807, 2.05) is 0 Å². The van der Waals surface area contributed by atoms with Gasteiger partial charge < -0.3 is 9.02 Å². The molecule has 10 heavy (non-hydrogen) atoms. The van der Waals surface area contributed by atoms with Crippen molar-refractivity contribution in [2.24, 2.45) is 5.16 Å². The summed E-state index contributed by atoms with van der Waals surface area (Å²) < 4.78 is 25.3. The zero-order chi connectivity index (χ0) is 7.61.